The number of hydrogen-bond acceptors (Lipinski definition) is 2. The van der Waals surface area contributed by atoms with Crippen molar-refractivity contribution in [3.05, 3.63) is 65.2 Å². The van der Waals surface area contributed by atoms with Gasteiger partial charge in [-0.3, -0.25) is 0 Å². The largest absolute Gasteiger partial charge is 0.476 e. The Bertz CT molecular complexity index is 562. The molecule has 0 spiro atoms. The molecule has 96 valence electrons. The maximum absolute atomic E-state index is 9.13. The van der Waals surface area contributed by atoms with Crippen LogP contribution in [0.4, 0.5) is 0 Å². The summed E-state index contributed by atoms with van der Waals surface area (Å²) >= 11 is 6.09. The van der Waals surface area contributed by atoms with Crippen LogP contribution in [-0.2, 0) is 6.42 Å². The molecule has 1 atom stereocenters. The zero-order valence-electron chi connectivity index (χ0n) is 10.4. The molecule has 0 saturated heterocycles. The molecule has 0 aliphatic rings. The van der Waals surface area contributed by atoms with E-state index in [2.05, 4.69) is 6.07 Å². The summed E-state index contributed by atoms with van der Waals surface area (Å²) in [5.41, 5.74) is 1.04. The average Bonchev–Trinajstić information content (AvgIpc) is 2.46. The molecule has 0 bridgehead atoms. The molecule has 0 aliphatic heterocycles. The number of hydrogen-bond donors (Lipinski definition) is 0. The van der Waals surface area contributed by atoms with Crippen molar-refractivity contribution in [2.24, 2.45) is 0 Å². The van der Waals surface area contributed by atoms with E-state index in [9.17, 15) is 0 Å². The fourth-order valence-electron chi connectivity index (χ4n) is 1.80. The van der Waals surface area contributed by atoms with Gasteiger partial charge in [-0.15, -0.1) is 0 Å². The Labute approximate surface area is 118 Å². The Balaban J connectivity index is 1.94. The summed E-state index contributed by atoms with van der Waals surface area (Å²) in [6, 6.07) is 19.2. The number of para-hydroxylation sites is 1. The van der Waals surface area contributed by atoms with E-state index < -0.39 is 6.10 Å². The van der Waals surface area contributed by atoms with Crippen molar-refractivity contribution in [3.8, 4) is 11.8 Å². The summed E-state index contributed by atoms with van der Waals surface area (Å²) in [5, 5.41) is 9.86. The topological polar surface area (TPSA) is 33.0 Å². The highest BCUT2D eigenvalue weighted by atomic mass is 35.5. The minimum absolute atomic E-state index is 0.460. The molecule has 2 aromatic rings. The van der Waals surface area contributed by atoms with Crippen LogP contribution in [0.15, 0.2) is 54.6 Å². The number of rotatable bonds is 5. The van der Waals surface area contributed by atoms with E-state index in [0.717, 1.165) is 17.0 Å². The molecule has 2 aromatic carbocycles. The molecular formula is C16H14ClNO. The van der Waals surface area contributed by atoms with Crippen molar-refractivity contribution in [2.75, 3.05) is 0 Å². The van der Waals surface area contributed by atoms with Crippen molar-refractivity contribution in [1.82, 2.24) is 0 Å². The van der Waals surface area contributed by atoms with Crippen molar-refractivity contribution < 1.29 is 4.74 Å². The lowest BCUT2D eigenvalue weighted by Crippen LogP contribution is -2.15. The maximum atomic E-state index is 9.13. The lowest BCUT2D eigenvalue weighted by Gasteiger charge is -2.12. The molecule has 0 heterocycles. The molecular weight excluding hydrogens is 258 g/mol. The zero-order chi connectivity index (χ0) is 13.5. The van der Waals surface area contributed by atoms with Crippen molar-refractivity contribution in [3.63, 3.8) is 0 Å². The molecule has 0 saturated carbocycles. The van der Waals surface area contributed by atoms with Crippen molar-refractivity contribution >= 4 is 11.6 Å². The van der Waals surface area contributed by atoms with E-state index in [1.807, 2.05) is 54.6 Å². The molecule has 0 amide bonds. The van der Waals surface area contributed by atoms with E-state index in [1.165, 1.54) is 0 Å². The third-order valence-corrected chi connectivity index (χ3v) is 3.17. The van der Waals surface area contributed by atoms with Crippen molar-refractivity contribution in [1.29, 1.82) is 5.26 Å². The van der Waals surface area contributed by atoms with Gasteiger partial charge in [0, 0.05) is 11.4 Å². The molecule has 2 nitrogen and oxygen atoms in total. The molecule has 0 aliphatic carbocycles. The summed E-state index contributed by atoms with van der Waals surface area (Å²) < 4.78 is 5.62. The molecule has 2 rings (SSSR count). The Morgan fingerprint density at radius 3 is 2.42 bits per heavy atom. The molecule has 0 aromatic heterocycles. The SMILES string of the molecule is N#CC(CCc1ccccc1Cl)Oc1ccccc1. The van der Waals surface area contributed by atoms with Gasteiger partial charge in [0.2, 0.25) is 0 Å². The van der Waals surface area contributed by atoms with Crippen LogP contribution in [-0.4, -0.2) is 6.10 Å². The van der Waals surface area contributed by atoms with E-state index >= 15 is 0 Å². The Hall–Kier alpha value is -1.98. The monoisotopic (exact) mass is 271 g/mol. The standard InChI is InChI=1S/C16H14ClNO/c17-16-9-5-4-6-13(16)10-11-15(12-18)19-14-7-2-1-3-8-14/h1-9,15H,10-11H2. The van der Waals surface area contributed by atoms with Gasteiger partial charge in [0.25, 0.3) is 0 Å². The first kappa shape index (κ1) is 13.5. The number of halogens is 1. The minimum Gasteiger partial charge on any atom is -0.476 e. The van der Waals surface area contributed by atoms with Crippen LogP contribution in [0.1, 0.15) is 12.0 Å². The van der Waals surface area contributed by atoms with Gasteiger partial charge in [0.05, 0.1) is 0 Å². The van der Waals surface area contributed by atoms with Crippen LogP contribution in [0.5, 0.6) is 5.75 Å². The highest BCUT2D eigenvalue weighted by molar-refractivity contribution is 6.31. The minimum atomic E-state index is -0.460. The predicted molar refractivity (Wildman–Crippen MR) is 76.2 cm³/mol. The van der Waals surface area contributed by atoms with Gasteiger partial charge in [-0.2, -0.15) is 5.26 Å². The second-order valence-electron chi connectivity index (χ2n) is 4.18. The molecule has 0 fully saturated rings. The average molecular weight is 272 g/mol. The molecule has 19 heavy (non-hydrogen) atoms. The third kappa shape index (κ3) is 4.01. The van der Waals surface area contributed by atoms with Gasteiger partial charge in [-0.25, -0.2) is 0 Å². The molecule has 1 unspecified atom stereocenters. The summed E-state index contributed by atoms with van der Waals surface area (Å²) in [6.07, 6.45) is 0.888. The molecule has 3 heteroatoms. The van der Waals surface area contributed by atoms with Gasteiger partial charge in [0.15, 0.2) is 6.10 Å². The lowest BCUT2D eigenvalue weighted by molar-refractivity contribution is 0.245. The summed E-state index contributed by atoms with van der Waals surface area (Å²) in [5.74, 6) is 0.716. The van der Waals surface area contributed by atoms with Crippen LogP contribution in [0.25, 0.3) is 0 Å². The number of nitriles is 1. The first-order valence-electron chi connectivity index (χ1n) is 6.14. The highest BCUT2D eigenvalue weighted by Gasteiger charge is 2.10. The number of aryl methyl sites for hydroxylation is 1. The quantitative estimate of drug-likeness (QED) is 0.815. The normalized spacial score (nSPS) is 11.6. The first-order valence-corrected chi connectivity index (χ1v) is 6.52. The van der Waals surface area contributed by atoms with E-state index in [4.69, 9.17) is 21.6 Å². The first-order chi connectivity index (χ1) is 9.29. The van der Waals surface area contributed by atoms with Gasteiger partial charge < -0.3 is 4.74 Å². The fraction of sp³-hybridized carbons (Fsp3) is 0.188. The van der Waals surface area contributed by atoms with Gasteiger partial charge in [0.1, 0.15) is 11.8 Å². The van der Waals surface area contributed by atoms with E-state index in [0.29, 0.717) is 12.2 Å². The predicted octanol–water partition coefficient (Wildman–Crippen LogP) is 4.24. The van der Waals surface area contributed by atoms with E-state index in [1.54, 1.807) is 0 Å². The Morgan fingerprint density at radius 1 is 1.05 bits per heavy atom. The van der Waals surface area contributed by atoms with Gasteiger partial charge in [-0.1, -0.05) is 48.0 Å². The number of nitrogens with zero attached hydrogens (tertiary/aromatic N) is 1. The zero-order valence-corrected chi connectivity index (χ0v) is 11.2. The van der Waals surface area contributed by atoms with E-state index in [-0.39, 0.29) is 0 Å². The van der Waals surface area contributed by atoms with Crippen LogP contribution >= 0.6 is 11.6 Å². The fourth-order valence-corrected chi connectivity index (χ4v) is 2.03. The van der Waals surface area contributed by atoms with Crippen LogP contribution in [0, 0.1) is 11.3 Å². The molecule has 0 radical (unpaired) electrons. The van der Waals surface area contributed by atoms with Crippen LogP contribution < -0.4 is 4.74 Å². The highest BCUT2D eigenvalue weighted by Crippen LogP contribution is 2.19. The summed E-state index contributed by atoms with van der Waals surface area (Å²) in [4.78, 5) is 0. The second-order valence-corrected chi connectivity index (χ2v) is 4.59. The Kier molecular flexibility index (Phi) is 4.83. The second kappa shape index (κ2) is 6.82. The summed E-state index contributed by atoms with van der Waals surface area (Å²) in [7, 11) is 0. The van der Waals surface area contributed by atoms with Gasteiger partial charge >= 0.3 is 0 Å². The third-order valence-electron chi connectivity index (χ3n) is 2.80. The smallest absolute Gasteiger partial charge is 0.184 e. The number of benzene rings is 2. The van der Waals surface area contributed by atoms with Crippen LogP contribution in [0.3, 0.4) is 0 Å². The molecule has 0 N–H and O–H groups in total. The Morgan fingerprint density at radius 2 is 1.74 bits per heavy atom. The van der Waals surface area contributed by atoms with Crippen LogP contribution in [0.2, 0.25) is 5.02 Å². The maximum Gasteiger partial charge on any atom is 0.184 e. The van der Waals surface area contributed by atoms with Crippen molar-refractivity contribution in [2.45, 2.75) is 18.9 Å². The lowest BCUT2D eigenvalue weighted by atomic mass is 10.1. The number of ether oxygens (including phenoxy) is 1. The van der Waals surface area contributed by atoms with Gasteiger partial charge in [-0.05, 0) is 30.2 Å². The summed E-state index contributed by atoms with van der Waals surface area (Å²) in [6.45, 7) is 0.